The molecule has 0 atom stereocenters. The average molecular weight is 293 g/mol. The molecule has 0 N–H and O–H groups in total. The average Bonchev–Trinajstić information content (AvgIpc) is 3.23. The largest absolute Gasteiger partial charge is 0.371 e. The summed E-state index contributed by atoms with van der Waals surface area (Å²) in [6, 6.07) is 0. The van der Waals surface area contributed by atoms with Crippen LogP contribution >= 0.6 is 0 Å². The van der Waals surface area contributed by atoms with E-state index in [9.17, 15) is 4.79 Å². The molecule has 6 nitrogen and oxygen atoms in total. The Hall–Kier alpha value is -1.43. The first kappa shape index (κ1) is 14.5. The van der Waals surface area contributed by atoms with Gasteiger partial charge < -0.3 is 14.2 Å². The number of carbonyl (C=O) groups is 1. The molecule has 2 fully saturated rings. The Morgan fingerprint density at radius 3 is 2.76 bits per heavy atom. The van der Waals surface area contributed by atoms with Crippen molar-refractivity contribution in [3.8, 4) is 0 Å². The highest BCUT2D eigenvalue weighted by Gasteiger charge is 2.26. The van der Waals surface area contributed by atoms with Crippen LogP contribution in [0.5, 0.6) is 0 Å². The van der Waals surface area contributed by atoms with Crippen LogP contribution in [0.25, 0.3) is 0 Å². The van der Waals surface area contributed by atoms with Crippen molar-refractivity contribution in [3.63, 3.8) is 0 Å². The molecule has 6 heteroatoms. The summed E-state index contributed by atoms with van der Waals surface area (Å²) in [7, 11) is 0. The molecule has 1 amide bonds. The van der Waals surface area contributed by atoms with Gasteiger partial charge in [-0.15, -0.1) is 0 Å². The minimum atomic E-state index is 0.232. The van der Waals surface area contributed by atoms with Crippen molar-refractivity contribution in [1.29, 1.82) is 0 Å². The van der Waals surface area contributed by atoms with Gasteiger partial charge in [0.25, 0.3) is 5.89 Å². The molecule has 0 spiro atoms. The molecule has 2 aliphatic rings. The van der Waals surface area contributed by atoms with E-state index in [0.717, 1.165) is 44.3 Å². The fraction of sp³-hybridized carbons (Fsp3) is 0.800. The van der Waals surface area contributed by atoms with E-state index in [0.29, 0.717) is 24.8 Å². The molecule has 1 aliphatic heterocycles. The van der Waals surface area contributed by atoms with E-state index in [4.69, 9.17) is 9.26 Å². The standard InChI is InChI=1S/C15H23N3O3/c1-2-14(19)18-7-5-12(6-8-18)15-16-13(21-17-15)10-20-9-11-3-4-11/h11-12H,2-10H2,1H3. The third-order valence-electron chi connectivity index (χ3n) is 4.28. The quantitative estimate of drug-likeness (QED) is 0.803. The van der Waals surface area contributed by atoms with E-state index in [1.807, 2.05) is 11.8 Å². The second-order valence-corrected chi connectivity index (χ2v) is 6.01. The number of piperidine rings is 1. The minimum Gasteiger partial charge on any atom is -0.371 e. The molecule has 116 valence electrons. The Labute approximate surface area is 124 Å². The summed E-state index contributed by atoms with van der Waals surface area (Å²) in [5.41, 5.74) is 0. The van der Waals surface area contributed by atoms with E-state index >= 15 is 0 Å². The van der Waals surface area contributed by atoms with Gasteiger partial charge in [-0.3, -0.25) is 4.79 Å². The highest BCUT2D eigenvalue weighted by molar-refractivity contribution is 5.75. The number of rotatable bonds is 6. The summed E-state index contributed by atoms with van der Waals surface area (Å²) in [4.78, 5) is 18.0. The van der Waals surface area contributed by atoms with Gasteiger partial charge in [-0.25, -0.2) is 0 Å². The lowest BCUT2D eigenvalue weighted by molar-refractivity contribution is -0.131. The predicted octanol–water partition coefficient (Wildman–Crippen LogP) is 2.11. The van der Waals surface area contributed by atoms with Crippen LogP contribution in [0, 0.1) is 5.92 Å². The molecule has 1 aromatic heterocycles. The number of aromatic nitrogens is 2. The second kappa shape index (κ2) is 6.56. The topological polar surface area (TPSA) is 68.5 Å². The van der Waals surface area contributed by atoms with Gasteiger partial charge in [0, 0.05) is 25.4 Å². The number of likely N-dealkylation sites (tertiary alicyclic amines) is 1. The minimum absolute atomic E-state index is 0.232. The first-order valence-corrected chi connectivity index (χ1v) is 7.94. The Balaban J connectivity index is 1.46. The molecule has 0 aromatic carbocycles. The van der Waals surface area contributed by atoms with Crippen molar-refractivity contribution < 1.29 is 14.1 Å². The third kappa shape index (κ3) is 3.81. The van der Waals surface area contributed by atoms with Gasteiger partial charge in [0.1, 0.15) is 6.61 Å². The maximum absolute atomic E-state index is 11.7. The van der Waals surface area contributed by atoms with Crippen LogP contribution < -0.4 is 0 Å². The number of nitrogens with zero attached hydrogens (tertiary/aromatic N) is 3. The zero-order valence-corrected chi connectivity index (χ0v) is 12.6. The van der Waals surface area contributed by atoms with E-state index < -0.39 is 0 Å². The molecule has 1 aliphatic carbocycles. The molecule has 1 aromatic rings. The summed E-state index contributed by atoms with van der Waals surface area (Å²) >= 11 is 0. The van der Waals surface area contributed by atoms with Crippen LogP contribution in [0.15, 0.2) is 4.52 Å². The lowest BCUT2D eigenvalue weighted by Crippen LogP contribution is -2.37. The Morgan fingerprint density at radius 1 is 1.33 bits per heavy atom. The lowest BCUT2D eigenvalue weighted by atomic mass is 9.96. The van der Waals surface area contributed by atoms with E-state index in [1.54, 1.807) is 0 Å². The van der Waals surface area contributed by atoms with Crippen LogP contribution in [-0.2, 0) is 16.1 Å². The van der Waals surface area contributed by atoms with Crippen molar-refractivity contribution in [2.24, 2.45) is 5.92 Å². The van der Waals surface area contributed by atoms with Gasteiger partial charge in [-0.2, -0.15) is 4.98 Å². The maximum atomic E-state index is 11.7. The first-order valence-electron chi connectivity index (χ1n) is 7.94. The maximum Gasteiger partial charge on any atom is 0.252 e. The van der Waals surface area contributed by atoms with Gasteiger partial charge in [0.15, 0.2) is 5.82 Å². The Kier molecular flexibility index (Phi) is 4.53. The first-order chi connectivity index (χ1) is 10.3. The predicted molar refractivity (Wildman–Crippen MR) is 75.5 cm³/mol. The monoisotopic (exact) mass is 293 g/mol. The van der Waals surface area contributed by atoms with Crippen LogP contribution in [-0.4, -0.2) is 40.6 Å². The van der Waals surface area contributed by atoms with Crippen LogP contribution in [0.3, 0.4) is 0 Å². The Morgan fingerprint density at radius 2 is 2.10 bits per heavy atom. The van der Waals surface area contributed by atoms with Gasteiger partial charge in [0.05, 0.1) is 6.61 Å². The molecule has 3 rings (SSSR count). The molecular weight excluding hydrogens is 270 g/mol. The van der Waals surface area contributed by atoms with Gasteiger partial charge in [-0.05, 0) is 31.6 Å². The van der Waals surface area contributed by atoms with Crippen molar-refractivity contribution in [2.45, 2.75) is 51.6 Å². The number of ether oxygens (including phenoxy) is 1. The number of carbonyl (C=O) groups excluding carboxylic acids is 1. The van der Waals surface area contributed by atoms with Gasteiger partial charge in [-0.1, -0.05) is 12.1 Å². The fourth-order valence-corrected chi connectivity index (χ4v) is 2.70. The fourth-order valence-electron chi connectivity index (χ4n) is 2.70. The van der Waals surface area contributed by atoms with Crippen molar-refractivity contribution in [2.75, 3.05) is 19.7 Å². The molecule has 0 bridgehead atoms. The van der Waals surface area contributed by atoms with Crippen LogP contribution in [0.4, 0.5) is 0 Å². The normalized spacial score (nSPS) is 20.0. The Bertz CT molecular complexity index is 476. The number of hydrogen-bond donors (Lipinski definition) is 0. The van der Waals surface area contributed by atoms with Crippen LogP contribution in [0.1, 0.15) is 56.7 Å². The summed E-state index contributed by atoms with van der Waals surface area (Å²) in [5.74, 6) is 2.61. The van der Waals surface area contributed by atoms with Gasteiger partial charge in [0.2, 0.25) is 5.91 Å². The van der Waals surface area contributed by atoms with Gasteiger partial charge >= 0.3 is 0 Å². The number of hydrogen-bond acceptors (Lipinski definition) is 5. The SMILES string of the molecule is CCC(=O)N1CCC(c2noc(COCC3CC3)n2)CC1. The van der Waals surface area contributed by atoms with E-state index in [2.05, 4.69) is 10.1 Å². The molecule has 0 radical (unpaired) electrons. The summed E-state index contributed by atoms with van der Waals surface area (Å²) in [6.07, 6.45) is 4.96. The number of amides is 1. The van der Waals surface area contributed by atoms with E-state index in [-0.39, 0.29) is 5.91 Å². The van der Waals surface area contributed by atoms with Crippen LogP contribution in [0.2, 0.25) is 0 Å². The molecule has 21 heavy (non-hydrogen) atoms. The van der Waals surface area contributed by atoms with E-state index in [1.165, 1.54) is 12.8 Å². The van der Waals surface area contributed by atoms with Crippen molar-refractivity contribution in [1.82, 2.24) is 15.0 Å². The lowest BCUT2D eigenvalue weighted by Gasteiger charge is -2.30. The molecular formula is C15H23N3O3. The highest BCUT2D eigenvalue weighted by atomic mass is 16.5. The van der Waals surface area contributed by atoms with Crippen molar-refractivity contribution >= 4 is 5.91 Å². The molecule has 2 heterocycles. The molecule has 1 saturated heterocycles. The highest BCUT2D eigenvalue weighted by Crippen LogP contribution is 2.29. The zero-order chi connectivity index (χ0) is 14.7. The summed E-state index contributed by atoms with van der Waals surface area (Å²) in [5, 5.41) is 4.07. The smallest absolute Gasteiger partial charge is 0.252 e. The third-order valence-corrected chi connectivity index (χ3v) is 4.28. The van der Waals surface area contributed by atoms with Crippen molar-refractivity contribution in [3.05, 3.63) is 11.7 Å². The second-order valence-electron chi connectivity index (χ2n) is 6.01. The summed E-state index contributed by atoms with van der Waals surface area (Å²) < 4.78 is 10.8. The summed E-state index contributed by atoms with van der Waals surface area (Å²) in [6.45, 7) is 4.70. The molecule has 1 saturated carbocycles. The molecule has 0 unspecified atom stereocenters. The zero-order valence-electron chi connectivity index (χ0n) is 12.6.